The molecule has 3 aromatic rings. The highest BCUT2D eigenvalue weighted by atomic mass is 35.5. The summed E-state index contributed by atoms with van der Waals surface area (Å²) in [5.74, 6) is 0.541. The molecule has 3 aromatic carbocycles. The quantitative estimate of drug-likeness (QED) is 0.393. The molecule has 0 bridgehead atoms. The summed E-state index contributed by atoms with van der Waals surface area (Å²) in [4.78, 5) is 0. The Morgan fingerprint density at radius 1 is 0.654 bits per heavy atom. The van der Waals surface area contributed by atoms with Crippen LogP contribution in [0.3, 0.4) is 0 Å². The molecule has 0 amide bonds. The summed E-state index contributed by atoms with van der Waals surface area (Å²) >= 11 is 12.3. The van der Waals surface area contributed by atoms with Crippen LogP contribution in [0.1, 0.15) is 37.0 Å². The Morgan fingerprint density at radius 3 is 1.54 bits per heavy atom. The third kappa shape index (κ3) is 4.58. The lowest BCUT2D eigenvalue weighted by atomic mass is 9.85. The van der Waals surface area contributed by atoms with E-state index in [2.05, 4.69) is 68.4 Å². The maximum atomic E-state index is 6.13. The van der Waals surface area contributed by atoms with Crippen molar-refractivity contribution in [2.24, 2.45) is 5.92 Å². The topological polar surface area (TPSA) is 0 Å². The fraction of sp³-hybridized carbons (Fsp3) is 0.167. The van der Waals surface area contributed by atoms with Crippen LogP contribution in [-0.2, 0) is 0 Å². The molecule has 0 aliphatic rings. The Labute approximate surface area is 166 Å². The van der Waals surface area contributed by atoms with Gasteiger partial charge in [-0.25, -0.2) is 0 Å². The van der Waals surface area contributed by atoms with Crippen LogP contribution >= 0.6 is 23.2 Å². The predicted molar refractivity (Wildman–Crippen MR) is 115 cm³/mol. The number of hydrogen-bond acceptors (Lipinski definition) is 0. The minimum absolute atomic E-state index is 0.541. The number of hydrogen-bond donors (Lipinski definition) is 0. The second-order valence-corrected chi connectivity index (χ2v) is 7.70. The third-order valence-corrected chi connectivity index (χ3v) is 4.81. The van der Waals surface area contributed by atoms with Crippen molar-refractivity contribution < 1.29 is 0 Å². The molecule has 0 atom stereocenters. The van der Waals surface area contributed by atoms with Gasteiger partial charge in [0, 0.05) is 10.0 Å². The summed E-state index contributed by atoms with van der Waals surface area (Å²) in [6.45, 7) is 4.51. The Hall–Kier alpha value is -2.02. The van der Waals surface area contributed by atoms with Crippen LogP contribution in [0.5, 0.6) is 0 Å². The SMILES string of the molecule is CC(C)CC(=C(c1ccc(Cl)cc1)c1ccc(Cl)cc1)c1ccccc1. The lowest BCUT2D eigenvalue weighted by molar-refractivity contribution is 0.674. The van der Waals surface area contributed by atoms with Crippen LogP contribution in [-0.4, -0.2) is 0 Å². The Bertz CT molecular complexity index is 826. The maximum absolute atomic E-state index is 6.13. The van der Waals surface area contributed by atoms with E-state index in [1.165, 1.54) is 16.7 Å². The minimum atomic E-state index is 0.541. The Morgan fingerprint density at radius 2 is 1.12 bits per heavy atom. The van der Waals surface area contributed by atoms with Crippen molar-refractivity contribution >= 4 is 34.3 Å². The van der Waals surface area contributed by atoms with E-state index in [1.54, 1.807) is 0 Å². The molecule has 0 spiro atoms. The van der Waals surface area contributed by atoms with Crippen LogP contribution in [0.15, 0.2) is 78.9 Å². The molecule has 0 saturated heterocycles. The lowest BCUT2D eigenvalue weighted by Gasteiger charge is -2.19. The largest absolute Gasteiger partial charge is 0.0843 e. The molecule has 132 valence electrons. The molecule has 0 aliphatic heterocycles. The van der Waals surface area contributed by atoms with Gasteiger partial charge in [-0.05, 0) is 64.4 Å². The average Bonchev–Trinajstić information content (AvgIpc) is 2.64. The van der Waals surface area contributed by atoms with E-state index in [-0.39, 0.29) is 0 Å². The molecule has 0 unspecified atom stereocenters. The monoisotopic (exact) mass is 380 g/mol. The van der Waals surface area contributed by atoms with E-state index < -0.39 is 0 Å². The smallest absolute Gasteiger partial charge is 0.0406 e. The van der Waals surface area contributed by atoms with Gasteiger partial charge in [0.15, 0.2) is 0 Å². The summed E-state index contributed by atoms with van der Waals surface area (Å²) in [6.07, 6.45) is 0.991. The van der Waals surface area contributed by atoms with Gasteiger partial charge in [-0.1, -0.05) is 91.6 Å². The second-order valence-electron chi connectivity index (χ2n) is 6.83. The fourth-order valence-corrected chi connectivity index (χ4v) is 3.41. The van der Waals surface area contributed by atoms with Gasteiger partial charge < -0.3 is 0 Å². The third-order valence-electron chi connectivity index (χ3n) is 4.30. The normalized spacial score (nSPS) is 10.8. The van der Waals surface area contributed by atoms with Gasteiger partial charge in [0.1, 0.15) is 0 Å². The van der Waals surface area contributed by atoms with E-state index in [0.717, 1.165) is 27.6 Å². The Kier molecular flexibility index (Phi) is 6.19. The molecule has 0 radical (unpaired) electrons. The zero-order valence-corrected chi connectivity index (χ0v) is 16.6. The molecule has 0 heterocycles. The summed E-state index contributed by atoms with van der Waals surface area (Å²) in [6, 6.07) is 26.8. The first-order valence-corrected chi connectivity index (χ1v) is 9.60. The van der Waals surface area contributed by atoms with Gasteiger partial charge >= 0.3 is 0 Å². The molecule has 0 nitrogen and oxygen atoms in total. The van der Waals surface area contributed by atoms with Crippen molar-refractivity contribution in [3.8, 4) is 0 Å². The lowest BCUT2D eigenvalue weighted by Crippen LogP contribution is -1.99. The summed E-state index contributed by atoms with van der Waals surface area (Å²) in [5, 5.41) is 1.49. The fourth-order valence-electron chi connectivity index (χ4n) is 3.16. The maximum Gasteiger partial charge on any atom is 0.0406 e. The highest BCUT2D eigenvalue weighted by Crippen LogP contribution is 2.36. The van der Waals surface area contributed by atoms with Crippen molar-refractivity contribution in [2.75, 3.05) is 0 Å². The standard InChI is InChI=1S/C24H22Cl2/c1-17(2)16-23(18-6-4-3-5-7-18)24(19-8-12-21(25)13-9-19)20-10-14-22(26)15-11-20/h3-15,17H,16H2,1-2H3. The van der Waals surface area contributed by atoms with Crippen LogP contribution in [0.25, 0.3) is 11.1 Å². The van der Waals surface area contributed by atoms with Crippen LogP contribution in [0.4, 0.5) is 0 Å². The average molecular weight is 381 g/mol. The van der Waals surface area contributed by atoms with Crippen molar-refractivity contribution in [1.82, 2.24) is 0 Å². The number of allylic oxidation sites excluding steroid dienone is 1. The van der Waals surface area contributed by atoms with E-state index in [1.807, 2.05) is 24.3 Å². The molecule has 0 N–H and O–H groups in total. The summed E-state index contributed by atoms with van der Waals surface area (Å²) in [7, 11) is 0. The van der Waals surface area contributed by atoms with Crippen molar-refractivity contribution in [3.63, 3.8) is 0 Å². The van der Waals surface area contributed by atoms with Gasteiger partial charge in [0.05, 0.1) is 0 Å². The molecule has 0 aliphatic carbocycles. The highest BCUT2D eigenvalue weighted by molar-refractivity contribution is 6.31. The molecule has 0 saturated carbocycles. The number of rotatable bonds is 5. The minimum Gasteiger partial charge on any atom is -0.0843 e. The van der Waals surface area contributed by atoms with Crippen LogP contribution < -0.4 is 0 Å². The zero-order chi connectivity index (χ0) is 18.5. The summed E-state index contributed by atoms with van der Waals surface area (Å²) in [5.41, 5.74) is 6.15. The first-order chi connectivity index (χ1) is 12.5. The van der Waals surface area contributed by atoms with Crippen LogP contribution in [0.2, 0.25) is 10.0 Å². The first-order valence-electron chi connectivity index (χ1n) is 8.85. The molecule has 2 heteroatoms. The molecule has 0 aromatic heterocycles. The first kappa shape index (κ1) is 18.8. The number of benzene rings is 3. The number of halogens is 2. The second kappa shape index (κ2) is 8.58. The molecule has 3 rings (SSSR count). The molecular formula is C24H22Cl2. The molecule has 26 heavy (non-hydrogen) atoms. The van der Waals surface area contributed by atoms with Crippen LogP contribution in [0, 0.1) is 5.92 Å². The van der Waals surface area contributed by atoms with Crippen molar-refractivity contribution in [3.05, 3.63) is 106 Å². The Balaban J connectivity index is 2.28. The predicted octanol–water partition coefficient (Wildman–Crippen LogP) is 8.00. The van der Waals surface area contributed by atoms with Gasteiger partial charge in [-0.15, -0.1) is 0 Å². The van der Waals surface area contributed by atoms with E-state index in [9.17, 15) is 0 Å². The van der Waals surface area contributed by atoms with E-state index >= 15 is 0 Å². The van der Waals surface area contributed by atoms with Crippen molar-refractivity contribution in [2.45, 2.75) is 20.3 Å². The van der Waals surface area contributed by atoms with Gasteiger partial charge in [0.2, 0.25) is 0 Å². The van der Waals surface area contributed by atoms with Crippen molar-refractivity contribution in [1.29, 1.82) is 0 Å². The van der Waals surface area contributed by atoms with Gasteiger partial charge in [0.25, 0.3) is 0 Å². The zero-order valence-electron chi connectivity index (χ0n) is 15.0. The van der Waals surface area contributed by atoms with Gasteiger partial charge in [-0.2, -0.15) is 0 Å². The van der Waals surface area contributed by atoms with Gasteiger partial charge in [-0.3, -0.25) is 0 Å². The van der Waals surface area contributed by atoms with E-state index in [0.29, 0.717) is 5.92 Å². The highest BCUT2D eigenvalue weighted by Gasteiger charge is 2.15. The molecular weight excluding hydrogens is 359 g/mol. The van der Waals surface area contributed by atoms with E-state index in [4.69, 9.17) is 23.2 Å². The molecule has 0 fully saturated rings. The summed E-state index contributed by atoms with van der Waals surface area (Å²) < 4.78 is 0.